The Bertz CT molecular complexity index is 1260. The third-order valence-electron chi connectivity index (χ3n) is 6.33. The van der Waals surface area contributed by atoms with Crippen LogP contribution in [0.3, 0.4) is 0 Å². The van der Waals surface area contributed by atoms with Gasteiger partial charge >= 0.3 is 0 Å². The molecule has 4 atom stereocenters. The summed E-state index contributed by atoms with van der Waals surface area (Å²) in [7, 11) is 0. The molecule has 0 unspecified atom stereocenters. The van der Waals surface area contributed by atoms with Gasteiger partial charge in [-0.15, -0.1) is 0 Å². The molecular formula is C33H33ClO5. The molecule has 202 valence electrons. The highest BCUT2D eigenvalue weighted by molar-refractivity contribution is 6.30. The number of hydrogen-bond donors (Lipinski definition) is 1. The van der Waals surface area contributed by atoms with Crippen LogP contribution < -0.4 is 0 Å². The van der Waals surface area contributed by atoms with Crippen molar-refractivity contribution in [3.63, 3.8) is 0 Å². The zero-order chi connectivity index (χ0) is 27.5. The zero-order valence-corrected chi connectivity index (χ0v) is 22.6. The predicted octanol–water partition coefficient (Wildman–Crippen LogP) is 6.66. The number of aliphatic hydroxyl groups excluding tert-OH is 1. The molecule has 5 nitrogen and oxygen atoms in total. The maximum absolute atomic E-state index is 13.9. The molecule has 0 radical (unpaired) electrons. The van der Waals surface area contributed by atoms with Crippen molar-refractivity contribution in [3.8, 4) is 0 Å². The Morgan fingerprint density at radius 2 is 1.08 bits per heavy atom. The molecule has 4 rings (SSSR count). The van der Waals surface area contributed by atoms with Gasteiger partial charge in [-0.25, -0.2) is 0 Å². The van der Waals surface area contributed by atoms with Gasteiger partial charge in [-0.05, 0) is 35.7 Å². The molecule has 0 heterocycles. The summed E-state index contributed by atoms with van der Waals surface area (Å²) in [4.78, 5) is 13.9. The quantitative estimate of drug-likeness (QED) is 0.180. The van der Waals surface area contributed by atoms with Gasteiger partial charge in [-0.1, -0.05) is 115 Å². The van der Waals surface area contributed by atoms with Crippen molar-refractivity contribution in [1.29, 1.82) is 0 Å². The Labute approximate surface area is 234 Å². The van der Waals surface area contributed by atoms with Crippen LogP contribution >= 0.6 is 11.6 Å². The lowest BCUT2D eigenvalue weighted by Gasteiger charge is -2.34. The molecular weight excluding hydrogens is 512 g/mol. The Morgan fingerprint density at radius 1 is 0.641 bits per heavy atom. The van der Waals surface area contributed by atoms with Crippen LogP contribution in [-0.2, 0) is 34.0 Å². The summed E-state index contributed by atoms with van der Waals surface area (Å²) in [6.45, 7) is 2.24. The van der Waals surface area contributed by atoms with Gasteiger partial charge in [0.15, 0.2) is 5.78 Å². The number of hydrogen-bond acceptors (Lipinski definition) is 5. The van der Waals surface area contributed by atoms with Crippen molar-refractivity contribution in [1.82, 2.24) is 0 Å². The lowest BCUT2D eigenvalue weighted by atomic mass is 9.95. The second kappa shape index (κ2) is 14.7. The standard InChI is InChI=1S/C33H33ClO5/c1-24(35)31(37-21-25-11-5-2-6-12-25)33(39-22-26-13-7-3-8-14-26)32(30(36)28-15-9-4-10-16-28)38-23-27-17-19-29(34)20-18-27/h2-20,24,31-33,35H,21-23H2,1H3/t24-,31+,32+,33+/m0/s1. The van der Waals surface area contributed by atoms with Crippen molar-refractivity contribution in [2.45, 2.75) is 51.2 Å². The minimum absolute atomic E-state index is 0.150. The smallest absolute Gasteiger partial charge is 0.194 e. The second-order valence-electron chi connectivity index (χ2n) is 9.35. The molecule has 0 saturated heterocycles. The summed E-state index contributed by atoms with van der Waals surface area (Å²) >= 11 is 6.06. The first-order valence-electron chi connectivity index (χ1n) is 13.0. The van der Waals surface area contributed by atoms with Gasteiger partial charge in [0.25, 0.3) is 0 Å². The van der Waals surface area contributed by atoms with Gasteiger partial charge in [0, 0.05) is 10.6 Å². The molecule has 0 fully saturated rings. The van der Waals surface area contributed by atoms with Crippen LogP contribution in [0.5, 0.6) is 0 Å². The number of Topliss-reactive ketones (excluding diaryl/α,β-unsaturated/α-hetero) is 1. The van der Waals surface area contributed by atoms with Gasteiger partial charge in [0.1, 0.15) is 18.3 Å². The van der Waals surface area contributed by atoms with E-state index in [0.717, 1.165) is 16.7 Å². The van der Waals surface area contributed by atoms with E-state index >= 15 is 0 Å². The highest BCUT2D eigenvalue weighted by atomic mass is 35.5. The van der Waals surface area contributed by atoms with E-state index in [9.17, 15) is 9.90 Å². The molecule has 0 bridgehead atoms. The van der Waals surface area contributed by atoms with Gasteiger partial charge in [0.2, 0.25) is 0 Å². The van der Waals surface area contributed by atoms with E-state index in [4.69, 9.17) is 25.8 Å². The minimum Gasteiger partial charge on any atom is -0.391 e. The summed E-state index contributed by atoms with van der Waals surface area (Å²) in [5.74, 6) is -0.253. The number of halogens is 1. The predicted molar refractivity (Wildman–Crippen MR) is 153 cm³/mol. The minimum atomic E-state index is -1.05. The summed E-state index contributed by atoms with van der Waals surface area (Å²) in [5, 5.41) is 11.5. The first kappa shape index (κ1) is 28.7. The first-order chi connectivity index (χ1) is 19.0. The van der Waals surface area contributed by atoms with Crippen LogP contribution in [0.4, 0.5) is 0 Å². The highest BCUT2D eigenvalue weighted by Crippen LogP contribution is 2.24. The lowest BCUT2D eigenvalue weighted by molar-refractivity contribution is -0.165. The van der Waals surface area contributed by atoms with Crippen LogP contribution in [0.15, 0.2) is 115 Å². The molecule has 4 aromatic carbocycles. The van der Waals surface area contributed by atoms with Crippen molar-refractivity contribution in [2.75, 3.05) is 0 Å². The molecule has 0 aromatic heterocycles. The van der Waals surface area contributed by atoms with Crippen molar-refractivity contribution in [2.24, 2.45) is 0 Å². The fourth-order valence-electron chi connectivity index (χ4n) is 4.25. The number of carbonyl (C=O) groups is 1. The van der Waals surface area contributed by atoms with E-state index < -0.39 is 24.4 Å². The summed E-state index contributed by atoms with van der Waals surface area (Å²) < 4.78 is 19.0. The maximum Gasteiger partial charge on any atom is 0.194 e. The number of benzene rings is 4. The van der Waals surface area contributed by atoms with Gasteiger partial charge < -0.3 is 19.3 Å². The third-order valence-corrected chi connectivity index (χ3v) is 6.58. The molecule has 0 aliphatic carbocycles. The van der Waals surface area contributed by atoms with Crippen LogP contribution in [0.2, 0.25) is 5.02 Å². The van der Waals surface area contributed by atoms with Crippen molar-refractivity contribution < 1.29 is 24.1 Å². The van der Waals surface area contributed by atoms with Crippen molar-refractivity contribution >= 4 is 17.4 Å². The monoisotopic (exact) mass is 544 g/mol. The number of aliphatic hydroxyl groups is 1. The van der Waals surface area contributed by atoms with E-state index in [1.165, 1.54) is 0 Å². The molecule has 1 N–H and O–H groups in total. The molecule has 0 saturated carbocycles. The molecule has 6 heteroatoms. The SMILES string of the molecule is C[C@H](O)[C@@H](OCc1ccccc1)[C@@H](OCc1ccccc1)[C@H](OCc1ccc(Cl)cc1)C(=O)c1ccccc1. The topological polar surface area (TPSA) is 65.0 Å². The van der Waals surface area contributed by atoms with Gasteiger partial charge in [-0.3, -0.25) is 4.79 Å². The largest absolute Gasteiger partial charge is 0.391 e. The fourth-order valence-corrected chi connectivity index (χ4v) is 4.38. The zero-order valence-electron chi connectivity index (χ0n) is 21.9. The second-order valence-corrected chi connectivity index (χ2v) is 9.79. The molecule has 0 amide bonds. The first-order valence-corrected chi connectivity index (χ1v) is 13.3. The van der Waals surface area contributed by atoms with Crippen LogP contribution in [0, 0.1) is 0 Å². The summed E-state index contributed by atoms with van der Waals surface area (Å²) in [5.41, 5.74) is 3.21. The molecule has 0 aliphatic heterocycles. The normalized spacial score (nSPS) is 14.3. The van der Waals surface area contributed by atoms with E-state index in [1.807, 2.05) is 78.9 Å². The third kappa shape index (κ3) is 8.59. The lowest BCUT2D eigenvalue weighted by Crippen LogP contribution is -2.50. The number of rotatable bonds is 14. The number of ketones is 1. The van der Waals surface area contributed by atoms with Crippen LogP contribution in [0.1, 0.15) is 34.0 Å². The fraction of sp³-hybridized carbons (Fsp3) is 0.242. The molecule has 4 aromatic rings. The molecule has 39 heavy (non-hydrogen) atoms. The summed E-state index contributed by atoms with van der Waals surface area (Å²) in [6, 6.07) is 35.6. The van der Waals surface area contributed by atoms with E-state index in [2.05, 4.69) is 0 Å². The maximum atomic E-state index is 13.9. The van der Waals surface area contributed by atoms with Crippen molar-refractivity contribution in [3.05, 3.63) is 143 Å². The molecule has 0 spiro atoms. The van der Waals surface area contributed by atoms with E-state index in [1.54, 1.807) is 43.3 Å². The van der Waals surface area contributed by atoms with Crippen LogP contribution in [0.25, 0.3) is 0 Å². The Balaban J connectivity index is 1.66. The highest BCUT2D eigenvalue weighted by Gasteiger charge is 2.40. The summed E-state index contributed by atoms with van der Waals surface area (Å²) in [6.07, 6.45) is -3.76. The average molecular weight is 545 g/mol. The van der Waals surface area contributed by atoms with Crippen LogP contribution in [-0.4, -0.2) is 35.3 Å². The molecule has 0 aliphatic rings. The Kier molecular flexibility index (Phi) is 10.8. The Hall–Kier alpha value is -3.32. The number of ether oxygens (including phenoxy) is 3. The Morgan fingerprint density at radius 3 is 1.59 bits per heavy atom. The average Bonchev–Trinajstić information content (AvgIpc) is 2.97. The van der Waals surface area contributed by atoms with Gasteiger partial charge in [0.05, 0.1) is 25.9 Å². The number of carbonyl (C=O) groups excluding carboxylic acids is 1. The van der Waals surface area contributed by atoms with Gasteiger partial charge in [-0.2, -0.15) is 0 Å². The van der Waals surface area contributed by atoms with E-state index in [-0.39, 0.29) is 25.6 Å². The van der Waals surface area contributed by atoms with E-state index in [0.29, 0.717) is 10.6 Å².